The molecule has 0 unspecified atom stereocenters. The minimum absolute atomic E-state index is 0.155. The Morgan fingerprint density at radius 3 is 2.32 bits per heavy atom. The molecule has 1 aliphatic carbocycles. The van der Waals surface area contributed by atoms with Crippen LogP contribution in [-0.2, 0) is 9.59 Å². The lowest BCUT2D eigenvalue weighted by atomic mass is 9.79. The van der Waals surface area contributed by atoms with Crippen molar-refractivity contribution < 1.29 is 14.7 Å². The van der Waals surface area contributed by atoms with Crippen LogP contribution in [0.3, 0.4) is 0 Å². The van der Waals surface area contributed by atoms with Crippen LogP contribution in [0, 0.1) is 5.41 Å². The Hall–Kier alpha value is -1.06. The maximum absolute atomic E-state index is 12.1. The van der Waals surface area contributed by atoms with E-state index in [-0.39, 0.29) is 5.91 Å². The molecule has 1 amide bonds. The van der Waals surface area contributed by atoms with Gasteiger partial charge in [0.25, 0.3) is 0 Å². The molecule has 4 heteroatoms. The van der Waals surface area contributed by atoms with E-state index in [9.17, 15) is 14.7 Å². The molecular formula is C15H25NO3. The summed E-state index contributed by atoms with van der Waals surface area (Å²) in [5.41, 5.74) is -0.684. The molecule has 0 aromatic rings. The SMILES string of the molecule is O=C1CCCCCN1CC1(C(=O)O)CCCCCC1. The molecule has 0 bridgehead atoms. The predicted molar refractivity (Wildman–Crippen MR) is 72.8 cm³/mol. The number of carbonyl (C=O) groups excluding carboxylic acids is 1. The van der Waals surface area contributed by atoms with Crippen LogP contribution in [0.15, 0.2) is 0 Å². The molecule has 1 heterocycles. The Morgan fingerprint density at radius 1 is 1.05 bits per heavy atom. The van der Waals surface area contributed by atoms with E-state index in [4.69, 9.17) is 0 Å². The number of carboxylic acid groups (broad SMARTS) is 1. The zero-order chi connectivity index (χ0) is 13.7. The normalized spacial score (nSPS) is 24.6. The number of amides is 1. The molecule has 0 aromatic carbocycles. The quantitative estimate of drug-likeness (QED) is 0.800. The van der Waals surface area contributed by atoms with E-state index in [2.05, 4.69) is 0 Å². The Morgan fingerprint density at radius 2 is 1.68 bits per heavy atom. The summed E-state index contributed by atoms with van der Waals surface area (Å²) in [6.07, 6.45) is 9.32. The fourth-order valence-electron chi connectivity index (χ4n) is 3.42. The summed E-state index contributed by atoms with van der Waals surface area (Å²) < 4.78 is 0. The van der Waals surface area contributed by atoms with Gasteiger partial charge in [-0.05, 0) is 25.7 Å². The van der Waals surface area contributed by atoms with Gasteiger partial charge in [-0.3, -0.25) is 9.59 Å². The number of likely N-dealkylation sites (tertiary alicyclic amines) is 1. The first-order valence-electron chi connectivity index (χ1n) is 7.65. The van der Waals surface area contributed by atoms with Crippen molar-refractivity contribution in [2.75, 3.05) is 13.1 Å². The second-order valence-electron chi connectivity index (χ2n) is 6.13. The Balaban J connectivity index is 2.10. The van der Waals surface area contributed by atoms with Gasteiger partial charge in [-0.1, -0.05) is 32.1 Å². The van der Waals surface area contributed by atoms with E-state index in [1.54, 1.807) is 0 Å². The number of nitrogens with zero attached hydrogens (tertiary/aromatic N) is 1. The lowest BCUT2D eigenvalue weighted by Gasteiger charge is -2.34. The average Bonchev–Trinajstić information content (AvgIpc) is 2.73. The van der Waals surface area contributed by atoms with Crippen LogP contribution < -0.4 is 0 Å². The summed E-state index contributed by atoms with van der Waals surface area (Å²) in [5.74, 6) is -0.547. The summed E-state index contributed by atoms with van der Waals surface area (Å²) in [6.45, 7) is 1.18. The molecule has 0 atom stereocenters. The molecule has 1 saturated carbocycles. The number of rotatable bonds is 3. The highest BCUT2D eigenvalue weighted by Crippen LogP contribution is 2.36. The van der Waals surface area contributed by atoms with Gasteiger partial charge in [0, 0.05) is 19.5 Å². The summed E-state index contributed by atoms with van der Waals surface area (Å²) in [4.78, 5) is 25.7. The molecule has 2 rings (SSSR count). The summed E-state index contributed by atoms with van der Waals surface area (Å²) in [6, 6.07) is 0. The highest BCUT2D eigenvalue weighted by atomic mass is 16.4. The molecule has 19 heavy (non-hydrogen) atoms. The first kappa shape index (κ1) is 14.4. The highest BCUT2D eigenvalue weighted by Gasteiger charge is 2.41. The number of carboxylic acids is 1. The highest BCUT2D eigenvalue weighted by molar-refractivity contribution is 5.79. The largest absolute Gasteiger partial charge is 0.481 e. The van der Waals surface area contributed by atoms with Crippen LogP contribution in [0.4, 0.5) is 0 Å². The molecule has 1 aliphatic heterocycles. The third kappa shape index (κ3) is 3.48. The monoisotopic (exact) mass is 267 g/mol. The van der Waals surface area contributed by atoms with E-state index < -0.39 is 11.4 Å². The number of hydrogen-bond donors (Lipinski definition) is 1. The van der Waals surface area contributed by atoms with E-state index >= 15 is 0 Å². The van der Waals surface area contributed by atoms with Gasteiger partial charge in [0.05, 0.1) is 5.41 Å². The van der Waals surface area contributed by atoms with Gasteiger partial charge in [-0.25, -0.2) is 0 Å². The third-order valence-corrected chi connectivity index (χ3v) is 4.68. The van der Waals surface area contributed by atoms with Crippen LogP contribution in [-0.4, -0.2) is 35.0 Å². The zero-order valence-electron chi connectivity index (χ0n) is 11.7. The van der Waals surface area contributed by atoms with Crippen molar-refractivity contribution in [3.8, 4) is 0 Å². The molecule has 0 aromatic heterocycles. The van der Waals surface area contributed by atoms with Crippen molar-refractivity contribution in [2.45, 2.75) is 64.2 Å². The fraction of sp³-hybridized carbons (Fsp3) is 0.867. The van der Waals surface area contributed by atoms with Crippen molar-refractivity contribution in [3.63, 3.8) is 0 Å². The van der Waals surface area contributed by atoms with Crippen LogP contribution in [0.1, 0.15) is 64.2 Å². The van der Waals surface area contributed by atoms with Gasteiger partial charge < -0.3 is 10.0 Å². The molecule has 2 aliphatic rings. The second kappa shape index (κ2) is 6.40. The van der Waals surface area contributed by atoms with E-state index in [1.165, 1.54) is 0 Å². The van der Waals surface area contributed by atoms with Crippen molar-refractivity contribution in [2.24, 2.45) is 5.41 Å². The van der Waals surface area contributed by atoms with E-state index in [0.717, 1.165) is 64.3 Å². The lowest BCUT2D eigenvalue weighted by molar-refractivity contribution is -0.152. The Labute approximate surface area is 115 Å². The minimum atomic E-state index is -0.702. The molecular weight excluding hydrogens is 242 g/mol. The molecule has 0 spiro atoms. The smallest absolute Gasteiger partial charge is 0.311 e. The topological polar surface area (TPSA) is 57.6 Å². The average molecular weight is 267 g/mol. The van der Waals surface area contributed by atoms with E-state index in [1.807, 2.05) is 4.90 Å². The Kier molecular flexibility index (Phi) is 4.83. The maximum Gasteiger partial charge on any atom is 0.311 e. The summed E-state index contributed by atoms with van der Waals surface area (Å²) in [7, 11) is 0. The standard InChI is InChI=1S/C15H25NO3/c17-13-8-4-3-7-11-16(13)12-15(14(18)19)9-5-1-2-6-10-15/h1-12H2,(H,18,19). The van der Waals surface area contributed by atoms with Crippen molar-refractivity contribution in [1.82, 2.24) is 4.90 Å². The van der Waals surface area contributed by atoms with Crippen LogP contribution in [0.25, 0.3) is 0 Å². The molecule has 2 fully saturated rings. The van der Waals surface area contributed by atoms with Gasteiger partial charge in [0.1, 0.15) is 0 Å². The van der Waals surface area contributed by atoms with Crippen molar-refractivity contribution >= 4 is 11.9 Å². The molecule has 1 N–H and O–H groups in total. The van der Waals surface area contributed by atoms with Gasteiger partial charge in [-0.2, -0.15) is 0 Å². The van der Waals surface area contributed by atoms with Gasteiger partial charge >= 0.3 is 5.97 Å². The number of hydrogen-bond acceptors (Lipinski definition) is 2. The number of carbonyl (C=O) groups is 2. The lowest BCUT2D eigenvalue weighted by Crippen LogP contribution is -2.45. The second-order valence-corrected chi connectivity index (χ2v) is 6.13. The maximum atomic E-state index is 12.1. The van der Waals surface area contributed by atoms with Gasteiger partial charge in [0.15, 0.2) is 0 Å². The number of aliphatic carboxylic acids is 1. The molecule has 1 saturated heterocycles. The van der Waals surface area contributed by atoms with E-state index in [0.29, 0.717) is 13.0 Å². The minimum Gasteiger partial charge on any atom is -0.481 e. The summed E-state index contributed by atoms with van der Waals surface area (Å²) >= 11 is 0. The first-order chi connectivity index (χ1) is 9.14. The Bertz CT molecular complexity index is 332. The molecule has 4 nitrogen and oxygen atoms in total. The van der Waals surface area contributed by atoms with Crippen molar-refractivity contribution in [1.29, 1.82) is 0 Å². The first-order valence-corrected chi connectivity index (χ1v) is 7.65. The van der Waals surface area contributed by atoms with Crippen LogP contribution in [0.2, 0.25) is 0 Å². The zero-order valence-corrected chi connectivity index (χ0v) is 11.7. The predicted octanol–water partition coefficient (Wildman–Crippen LogP) is 2.81. The molecule has 108 valence electrons. The van der Waals surface area contributed by atoms with Crippen molar-refractivity contribution in [3.05, 3.63) is 0 Å². The summed E-state index contributed by atoms with van der Waals surface area (Å²) in [5, 5.41) is 9.66. The fourth-order valence-corrected chi connectivity index (χ4v) is 3.42. The van der Waals surface area contributed by atoms with Crippen LogP contribution >= 0.6 is 0 Å². The molecule has 0 radical (unpaired) electrons. The van der Waals surface area contributed by atoms with Gasteiger partial charge in [-0.15, -0.1) is 0 Å². The van der Waals surface area contributed by atoms with Gasteiger partial charge in [0.2, 0.25) is 5.91 Å². The third-order valence-electron chi connectivity index (χ3n) is 4.68. The van der Waals surface area contributed by atoms with Crippen LogP contribution in [0.5, 0.6) is 0 Å².